The molecule has 6 nitrogen and oxygen atoms in total. The molecule has 0 fully saturated rings. The molecule has 3 aromatic rings. The van der Waals surface area contributed by atoms with Crippen LogP contribution in [0.25, 0.3) is 10.2 Å². The number of unbranched alkanes of at least 4 members (excludes halogenated alkanes) is 1. The van der Waals surface area contributed by atoms with E-state index in [2.05, 4.69) is 17.2 Å². The molecular weight excluding hydrogens is 388 g/mol. The highest BCUT2D eigenvalue weighted by Gasteiger charge is 2.09. The maximum Gasteiger partial charge on any atom is 0.226 e. The molecule has 1 heterocycles. The summed E-state index contributed by atoms with van der Waals surface area (Å²) in [7, 11) is 1.63. The van der Waals surface area contributed by atoms with Gasteiger partial charge in [-0.05, 0) is 55.3 Å². The largest absolute Gasteiger partial charge is 0.497 e. The minimum Gasteiger partial charge on any atom is -0.497 e. The maximum absolute atomic E-state index is 12.2. The summed E-state index contributed by atoms with van der Waals surface area (Å²) in [5, 5.41) is 3.48. The zero-order chi connectivity index (χ0) is 20.5. The number of carbonyl (C=O) groups is 1. The van der Waals surface area contributed by atoms with Gasteiger partial charge in [-0.15, -0.1) is 0 Å². The second-order valence-electron chi connectivity index (χ2n) is 6.53. The highest BCUT2D eigenvalue weighted by atomic mass is 32.1. The summed E-state index contributed by atoms with van der Waals surface area (Å²) in [6, 6.07) is 13.2. The van der Waals surface area contributed by atoms with E-state index in [0.717, 1.165) is 40.3 Å². The number of nitrogens with zero attached hydrogens (tertiary/aromatic N) is 1. The molecule has 0 aliphatic rings. The molecule has 0 aliphatic heterocycles. The molecule has 0 saturated carbocycles. The Hall–Kier alpha value is -2.80. The van der Waals surface area contributed by atoms with Gasteiger partial charge in [0.2, 0.25) is 5.91 Å². The Kier molecular flexibility index (Phi) is 7.69. The SMILES string of the molecule is CCCCOc1ccc2nc(NC(=O)CCCOc3ccc(OC)cc3)sc2c1. The molecule has 154 valence electrons. The number of amides is 1. The highest BCUT2D eigenvalue weighted by Crippen LogP contribution is 2.29. The molecular formula is C22H26N2O4S. The Morgan fingerprint density at radius 3 is 2.45 bits per heavy atom. The van der Waals surface area contributed by atoms with Gasteiger partial charge in [0.05, 0.1) is 30.5 Å². The first-order valence-corrected chi connectivity index (χ1v) is 10.6. The number of hydrogen-bond acceptors (Lipinski definition) is 6. The van der Waals surface area contributed by atoms with Crippen LogP contribution in [0.1, 0.15) is 32.6 Å². The summed E-state index contributed by atoms with van der Waals surface area (Å²) >= 11 is 1.45. The molecule has 29 heavy (non-hydrogen) atoms. The van der Waals surface area contributed by atoms with Crippen molar-refractivity contribution < 1.29 is 19.0 Å². The smallest absolute Gasteiger partial charge is 0.226 e. The minimum atomic E-state index is -0.0678. The molecule has 1 aromatic heterocycles. The van der Waals surface area contributed by atoms with Crippen LogP contribution in [-0.4, -0.2) is 31.2 Å². The van der Waals surface area contributed by atoms with E-state index in [4.69, 9.17) is 14.2 Å². The van der Waals surface area contributed by atoms with Crippen LogP contribution in [0.4, 0.5) is 5.13 Å². The second-order valence-corrected chi connectivity index (χ2v) is 7.56. The summed E-state index contributed by atoms with van der Waals surface area (Å²) in [5.41, 5.74) is 0.857. The first-order chi connectivity index (χ1) is 14.2. The third-order valence-corrected chi connectivity index (χ3v) is 5.18. The Labute approximate surface area is 174 Å². The molecule has 0 saturated heterocycles. The number of thiazole rings is 1. The number of rotatable bonds is 11. The van der Waals surface area contributed by atoms with E-state index in [1.807, 2.05) is 42.5 Å². The lowest BCUT2D eigenvalue weighted by molar-refractivity contribution is -0.116. The van der Waals surface area contributed by atoms with Crippen LogP contribution < -0.4 is 19.5 Å². The van der Waals surface area contributed by atoms with E-state index in [0.29, 0.717) is 31.2 Å². The van der Waals surface area contributed by atoms with Gasteiger partial charge in [-0.25, -0.2) is 4.98 Å². The van der Waals surface area contributed by atoms with E-state index in [9.17, 15) is 4.79 Å². The van der Waals surface area contributed by atoms with Gasteiger partial charge in [-0.3, -0.25) is 4.79 Å². The average Bonchev–Trinajstić information content (AvgIpc) is 3.13. The molecule has 3 rings (SSSR count). The van der Waals surface area contributed by atoms with Gasteiger partial charge in [0.1, 0.15) is 17.2 Å². The van der Waals surface area contributed by atoms with Gasteiger partial charge in [0.15, 0.2) is 5.13 Å². The minimum absolute atomic E-state index is 0.0678. The summed E-state index contributed by atoms with van der Waals surface area (Å²) < 4.78 is 17.5. The molecule has 0 bridgehead atoms. The Balaban J connectivity index is 1.44. The van der Waals surface area contributed by atoms with Crippen LogP contribution in [0, 0.1) is 0 Å². The molecule has 0 radical (unpaired) electrons. The zero-order valence-corrected chi connectivity index (χ0v) is 17.6. The molecule has 7 heteroatoms. The van der Waals surface area contributed by atoms with Gasteiger partial charge in [-0.1, -0.05) is 24.7 Å². The van der Waals surface area contributed by atoms with E-state index in [-0.39, 0.29) is 5.91 Å². The standard InChI is InChI=1S/C22H26N2O4S/c1-3-4-13-28-18-11-12-19-20(15-18)29-22(23-19)24-21(25)6-5-14-27-17-9-7-16(26-2)8-10-17/h7-12,15H,3-6,13-14H2,1-2H3,(H,23,24,25). The monoisotopic (exact) mass is 414 g/mol. The molecule has 0 unspecified atom stereocenters. The first kappa shape index (κ1) is 20.9. The lowest BCUT2D eigenvalue weighted by atomic mass is 10.3. The Morgan fingerprint density at radius 1 is 1.00 bits per heavy atom. The quantitative estimate of drug-likeness (QED) is 0.432. The van der Waals surface area contributed by atoms with Crippen molar-refractivity contribution in [3.05, 3.63) is 42.5 Å². The highest BCUT2D eigenvalue weighted by molar-refractivity contribution is 7.22. The van der Waals surface area contributed by atoms with Crippen molar-refractivity contribution in [1.82, 2.24) is 4.98 Å². The van der Waals surface area contributed by atoms with Gasteiger partial charge in [0.25, 0.3) is 0 Å². The number of aromatic nitrogens is 1. The normalized spacial score (nSPS) is 10.7. The lowest BCUT2D eigenvalue weighted by Crippen LogP contribution is -2.12. The van der Waals surface area contributed by atoms with Crippen molar-refractivity contribution in [2.24, 2.45) is 0 Å². The summed E-state index contributed by atoms with van der Waals surface area (Å²) in [6.07, 6.45) is 3.13. The van der Waals surface area contributed by atoms with Gasteiger partial charge < -0.3 is 19.5 Å². The van der Waals surface area contributed by atoms with Gasteiger partial charge in [0, 0.05) is 6.42 Å². The zero-order valence-electron chi connectivity index (χ0n) is 16.8. The van der Waals surface area contributed by atoms with Crippen LogP contribution in [0.15, 0.2) is 42.5 Å². The number of anilines is 1. The Bertz CT molecular complexity index is 924. The number of methoxy groups -OCH3 is 1. The van der Waals surface area contributed by atoms with Crippen molar-refractivity contribution in [3.63, 3.8) is 0 Å². The van der Waals surface area contributed by atoms with Crippen molar-refractivity contribution in [3.8, 4) is 17.2 Å². The van der Waals surface area contributed by atoms with Crippen LogP contribution in [0.3, 0.4) is 0 Å². The third kappa shape index (κ3) is 6.35. The number of fused-ring (bicyclic) bond motifs is 1. The summed E-state index contributed by atoms with van der Waals surface area (Å²) in [5.74, 6) is 2.31. The first-order valence-electron chi connectivity index (χ1n) is 9.78. The number of carbonyl (C=O) groups excluding carboxylic acids is 1. The molecule has 0 spiro atoms. The molecule has 2 aromatic carbocycles. The molecule has 1 amide bonds. The van der Waals surface area contributed by atoms with Crippen molar-refractivity contribution >= 4 is 32.6 Å². The van der Waals surface area contributed by atoms with Crippen LogP contribution in [0.2, 0.25) is 0 Å². The van der Waals surface area contributed by atoms with Crippen LogP contribution in [0.5, 0.6) is 17.2 Å². The predicted molar refractivity (Wildman–Crippen MR) is 116 cm³/mol. The fourth-order valence-corrected chi connectivity index (χ4v) is 3.57. The van der Waals surface area contributed by atoms with Gasteiger partial charge >= 0.3 is 0 Å². The lowest BCUT2D eigenvalue weighted by Gasteiger charge is -2.07. The maximum atomic E-state index is 12.2. The average molecular weight is 415 g/mol. The number of benzene rings is 2. The number of ether oxygens (including phenoxy) is 3. The van der Waals surface area contributed by atoms with Crippen molar-refractivity contribution in [1.29, 1.82) is 0 Å². The van der Waals surface area contributed by atoms with E-state index < -0.39 is 0 Å². The fourth-order valence-electron chi connectivity index (χ4n) is 2.66. The van der Waals surface area contributed by atoms with E-state index in [1.54, 1.807) is 7.11 Å². The van der Waals surface area contributed by atoms with Crippen LogP contribution in [-0.2, 0) is 4.79 Å². The molecule has 0 aliphatic carbocycles. The number of hydrogen-bond donors (Lipinski definition) is 1. The fraction of sp³-hybridized carbons (Fsp3) is 0.364. The summed E-state index contributed by atoms with van der Waals surface area (Å²) in [4.78, 5) is 16.7. The Morgan fingerprint density at radius 2 is 1.69 bits per heavy atom. The predicted octanol–water partition coefficient (Wildman–Crippen LogP) is 5.28. The van der Waals surface area contributed by atoms with Crippen molar-refractivity contribution in [2.45, 2.75) is 32.6 Å². The third-order valence-electron chi connectivity index (χ3n) is 4.25. The van der Waals surface area contributed by atoms with E-state index >= 15 is 0 Å². The van der Waals surface area contributed by atoms with Crippen molar-refractivity contribution in [2.75, 3.05) is 25.6 Å². The molecule has 0 atom stereocenters. The number of nitrogens with one attached hydrogen (secondary N) is 1. The molecule has 1 N–H and O–H groups in total. The topological polar surface area (TPSA) is 69.7 Å². The summed E-state index contributed by atoms with van der Waals surface area (Å²) in [6.45, 7) is 3.32. The second kappa shape index (κ2) is 10.7. The van der Waals surface area contributed by atoms with Gasteiger partial charge in [-0.2, -0.15) is 0 Å². The van der Waals surface area contributed by atoms with Crippen LogP contribution >= 0.6 is 11.3 Å². The van der Waals surface area contributed by atoms with E-state index in [1.165, 1.54) is 11.3 Å².